The molecule has 150 valence electrons. The van der Waals surface area contributed by atoms with Gasteiger partial charge in [0.05, 0.1) is 23.1 Å². The van der Waals surface area contributed by atoms with Crippen molar-refractivity contribution in [3.63, 3.8) is 0 Å². The van der Waals surface area contributed by atoms with Crippen LogP contribution in [0.2, 0.25) is 0 Å². The molecule has 0 unspecified atom stereocenters. The van der Waals surface area contributed by atoms with Crippen molar-refractivity contribution in [2.45, 2.75) is 33.4 Å². The lowest BCUT2D eigenvalue weighted by molar-refractivity contribution is 0.505. The van der Waals surface area contributed by atoms with E-state index < -0.39 is 0 Å². The first-order valence-electron chi connectivity index (χ1n) is 10.7. The molecule has 2 aromatic heterocycles. The Morgan fingerprint density at radius 2 is 1.50 bits per heavy atom. The zero-order chi connectivity index (χ0) is 20.5. The number of benzene rings is 3. The van der Waals surface area contributed by atoms with E-state index in [0.29, 0.717) is 12.5 Å². The van der Waals surface area contributed by atoms with Gasteiger partial charge in [0.15, 0.2) is 0 Å². The second-order valence-electron chi connectivity index (χ2n) is 8.24. The third-order valence-electron chi connectivity index (χ3n) is 5.66. The molecule has 0 saturated carbocycles. The minimum atomic E-state index is 0.647. The van der Waals surface area contributed by atoms with Gasteiger partial charge in [-0.3, -0.25) is 4.68 Å². The maximum Gasteiger partial charge on any atom is 0.131 e. The second kappa shape index (κ2) is 7.79. The Labute approximate surface area is 176 Å². The van der Waals surface area contributed by atoms with E-state index in [1.165, 1.54) is 10.9 Å². The highest BCUT2D eigenvalue weighted by Crippen LogP contribution is 2.28. The van der Waals surface area contributed by atoms with Crippen molar-refractivity contribution in [2.75, 3.05) is 0 Å². The van der Waals surface area contributed by atoms with Gasteiger partial charge in [0.2, 0.25) is 0 Å². The van der Waals surface area contributed by atoms with Gasteiger partial charge in [-0.1, -0.05) is 74.5 Å². The van der Waals surface area contributed by atoms with E-state index in [9.17, 15) is 0 Å². The molecule has 0 aliphatic rings. The summed E-state index contributed by atoms with van der Waals surface area (Å²) in [6.07, 6.45) is 1.13. The summed E-state index contributed by atoms with van der Waals surface area (Å²) >= 11 is 0. The van der Waals surface area contributed by atoms with Crippen LogP contribution >= 0.6 is 0 Å². The molecule has 0 spiro atoms. The summed E-state index contributed by atoms with van der Waals surface area (Å²) in [5.41, 5.74) is 5.56. The molecule has 0 aliphatic heterocycles. The number of aromatic nitrogens is 4. The van der Waals surface area contributed by atoms with Crippen LogP contribution in [-0.4, -0.2) is 19.3 Å². The van der Waals surface area contributed by atoms with E-state index in [-0.39, 0.29) is 0 Å². The lowest BCUT2D eigenvalue weighted by Crippen LogP contribution is -2.11. The Balaban J connectivity index is 1.61. The molecule has 4 nitrogen and oxygen atoms in total. The molecule has 0 N–H and O–H groups in total. The van der Waals surface area contributed by atoms with Crippen molar-refractivity contribution in [1.82, 2.24) is 19.3 Å². The Morgan fingerprint density at radius 3 is 2.30 bits per heavy atom. The van der Waals surface area contributed by atoms with Crippen molar-refractivity contribution in [2.24, 2.45) is 5.92 Å². The maximum atomic E-state index is 5.02. The number of imidazole rings is 1. The fourth-order valence-electron chi connectivity index (χ4n) is 4.07. The Kier molecular flexibility index (Phi) is 4.83. The first kappa shape index (κ1) is 18.6. The Hall–Kier alpha value is -3.40. The smallest absolute Gasteiger partial charge is 0.131 e. The van der Waals surface area contributed by atoms with Crippen molar-refractivity contribution < 1.29 is 0 Å². The summed E-state index contributed by atoms with van der Waals surface area (Å²) in [6.45, 7) is 6.16. The molecule has 0 fully saturated rings. The molecule has 2 heterocycles. The van der Waals surface area contributed by atoms with Gasteiger partial charge >= 0.3 is 0 Å². The van der Waals surface area contributed by atoms with Crippen LogP contribution in [0, 0.1) is 5.92 Å². The maximum absolute atomic E-state index is 5.02. The number of aryl methyl sites for hydroxylation is 1. The molecule has 0 amide bonds. The fraction of sp³-hybridized carbons (Fsp3) is 0.231. The van der Waals surface area contributed by atoms with Gasteiger partial charge in [-0.25, -0.2) is 4.98 Å². The molecular weight excluding hydrogens is 368 g/mol. The van der Waals surface area contributed by atoms with Crippen LogP contribution in [0.3, 0.4) is 0 Å². The molecule has 30 heavy (non-hydrogen) atoms. The fourth-order valence-corrected chi connectivity index (χ4v) is 4.07. The quantitative estimate of drug-likeness (QED) is 0.346. The summed E-state index contributed by atoms with van der Waals surface area (Å²) in [5, 5.41) is 6.20. The van der Waals surface area contributed by atoms with E-state index >= 15 is 0 Å². The van der Waals surface area contributed by atoms with Gasteiger partial charge in [-0.05, 0) is 30.5 Å². The van der Waals surface area contributed by atoms with Crippen molar-refractivity contribution in [1.29, 1.82) is 0 Å². The molecule has 0 atom stereocenters. The molecule has 0 saturated heterocycles. The number of rotatable bonds is 6. The van der Waals surface area contributed by atoms with Gasteiger partial charge in [-0.2, -0.15) is 5.10 Å². The highest BCUT2D eigenvalue weighted by molar-refractivity contribution is 5.93. The van der Waals surface area contributed by atoms with Crippen molar-refractivity contribution >= 4 is 21.9 Å². The van der Waals surface area contributed by atoms with E-state index in [4.69, 9.17) is 10.1 Å². The summed E-state index contributed by atoms with van der Waals surface area (Å²) in [7, 11) is 0. The average Bonchev–Trinajstić information content (AvgIpc) is 3.31. The highest BCUT2D eigenvalue weighted by Gasteiger charge is 2.16. The highest BCUT2D eigenvalue weighted by atomic mass is 15.3. The SMILES string of the molecule is CC(C)CCn1c(Cn2nc(-c3ccccc3)c3ccccc32)nc2ccccc21. The zero-order valence-corrected chi connectivity index (χ0v) is 17.5. The molecule has 0 radical (unpaired) electrons. The van der Waals surface area contributed by atoms with Gasteiger partial charge in [0.25, 0.3) is 0 Å². The molecule has 4 heteroatoms. The number of para-hydroxylation sites is 3. The average molecular weight is 395 g/mol. The first-order valence-corrected chi connectivity index (χ1v) is 10.7. The Bertz CT molecular complexity index is 1290. The van der Waals surface area contributed by atoms with Gasteiger partial charge < -0.3 is 4.57 Å². The second-order valence-corrected chi connectivity index (χ2v) is 8.24. The minimum absolute atomic E-state index is 0.647. The number of hydrogen-bond donors (Lipinski definition) is 0. The predicted molar refractivity (Wildman–Crippen MR) is 123 cm³/mol. The van der Waals surface area contributed by atoms with Crippen LogP contribution in [0.15, 0.2) is 78.9 Å². The summed E-state index contributed by atoms with van der Waals surface area (Å²) < 4.78 is 4.47. The standard InChI is InChI=1S/C26H26N4/c1-19(2)16-17-29-24-15-9-7-13-22(24)27-25(29)18-30-23-14-8-6-12-21(23)26(28-30)20-10-4-3-5-11-20/h3-15,19H,16-18H2,1-2H3. The summed E-state index contributed by atoms with van der Waals surface area (Å²) in [6, 6.07) is 27.3. The molecular formula is C26H26N4. The summed E-state index contributed by atoms with van der Waals surface area (Å²) in [4.78, 5) is 4.98. The van der Waals surface area contributed by atoms with Crippen LogP contribution in [0.4, 0.5) is 0 Å². The number of hydrogen-bond acceptors (Lipinski definition) is 2. The summed E-state index contributed by atoms with van der Waals surface area (Å²) in [5.74, 6) is 1.71. The third-order valence-corrected chi connectivity index (χ3v) is 5.66. The molecule has 5 rings (SSSR count). The first-order chi connectivity index (χ1) is 14.7. The van der Waals surface area contributed by atoms with E-state index in [0.717, 1.165) is 41.1 Å². The zero-order valence-electron chi connectivity index (χ0n) is 17.5. The van der Waals surface area contributed by atoms with E-state index in [1.807, 2.05) is 6.07 Å². The molecule has 0 bridgehead atoms. The third kappa shape index (κ3) is 3.39. The monoisotopic (exact) mass is 394 g/mol. The van der Waals surface area contributed by atoms with Gasteiger partial charge in [0, 0.05) is 17.5 Å². The lowest BCUT2D eigenvalue weighted by Gasteiger charge is -2.11. The lowest BCUT2D eigenvalue weighted by atomic mass is 10.1. The molecule has 0 aliphatic carbocycles. The van der Waals surface area contributed by atoms with Gasteiger partial charge in [0.1, 0.15) is 11.5 Å². The molecule has 5 aromatic rings. The topological polar surface area (TPSA) is 35.6 Å². The van der Waals surface area contributed by atoms with E-state index in [1.54, 1.807) is 0 Å². The van der Waals surface area contributed by atoms with Gasteiger partial charge in [-0.15, -0.1) is 0 Å². The normalized spacial score (nSPS) is 11.7. The number of nitrogens with zero attached hydrogens (tertiary/aromatic N) is 4. The minimum Gasteiger partial charge on any atom is -0.326 e. The van der Waals surface area contributed by atoms with Crippen LogP contribution in [0.1, 0.15) is 26.1 Å². The largest absolute Gasteiger partial charge is 0.326 e. The van der Waals surface area contributed by atoms with Crippen molar-refractivity contribution in [3.05, 3.63) is 84.7 Å². The van der Waals surface area contributed by atoms with Crippen LogP contribution in [-0.2, 0) is 13.1 Å². The predicted octanol–water partition coefficient (Wildman–Crippen LogP) is 6.15. The van der Waals surface area contributed by atoms with Crippen LogP contribution < -0.4 is 0 Å². The molecule has 3 aromatic carbocycles. The number of fused-ring (bicyclic) bond motifs is 2. The van der Waals surface area contributed by atoms with Crippen molar-refractivity contribution in [3.8, 4) is 11.3 Å². The van der Waals surface area contributed by atoms with E-state index in [2.05, 4.69) is 95.9 Å². The Morgan fingerprint density at radius 1 is 0.800 bits per heavy atom. The van der Waals surface area contributed by atoms with Crippen LogP contribution in [0.5, 0.6) is 0 Å². The van der Waals surface area contributed by atoms with Crippen LogP contribution in [0.25, 0.3) is 33.2 Å².